The van der Waals surface area contributed by atoms with Gasteiger partial charge in [-0.2, -0.15) is 5.10 Å². The van der Waals surface area contributed by atoms with Gasteiger partial charge in [0.15, 0.2) is 6.61 Å². The van der Waals surface area contributed by atoms with Crippen LogP contribution in [0.15, 0.2) is 47.6 Å². The number of hydrazone groups is 1. The SMILES string of the molecule is Cc1c(Cl)cccc1N(CC(=O)N/N=C\c1ccc(OCC(=O)N2CCOCC2)cc1)S(C)(=O)=O. The van der Waals surface area contributed by atoms with E-state index in [0.717, 1.165) is 10.6 Å². The van der Waals surface area contributed by atoms with Crippen molar-refractivity contribution in [3.63, 3.8) is 0 Å². The third-order valence-corrected chi connectivity index (χ3v) is 6.74. The summed E-state index contributed by atoms with van der Waals surface area (Å²) in [5.74, 6) is -0.195. The van der Waals surface area contributed by atoms with Crippen LogP contribution >= 0.6 is 11.6 Å². The number of nitrogens with one attached hydrogen (secondary N) is 1. The molecule has 188 valence electrons. The molecular weight excluding hydrogens is 496 g/mol. The molecule has 0 atom stereocenters. The van der Waals surface area contributed by atoms with Gasteiger partial charge in [-0.15, -0.1) is 0 Å². The number of carbonyl (C=O) groups excluding carboxylic acids is 2. The molecule has 3 rings (SSSR count). The zero-order chi connectivity index (χ0) is 25.4. The van der Waals surface area contributed by atoms with E-state index >= 15 is 0 Å². The number of carbonyl (C=O) groups is 2. The first kappa shape index (κ1) is 26.5. The number of benzene rings is 2. The molecule has 0 spiro atoms. The van der Waals surface area contributed by atoms with Crippen LogP contribution in [0.4, 0.5) is 5.69 Å². The maximum absolute atomic E-state index is 12.4. The van der Waals surface area contributed by atoms with E-state index in [1.54, 1.807) is 54.3 Å². The summed E-state index contributed by atoms with van der Waals surface area (Å²) >= 11 is 6.10. The van der Waals surface area contributed by atoms with E-state index in [2.05, 4.69) is 10.5 Å². The van der Waals surface area contributed by atoms with Crippen molar-refractivity contribution >= 4 is 45.3 Å². The van der Waals surface area contributed by atoms with Crippen LogP contribution in [-0.2, 0) is 24.3 Å². The van der Waals surface area contributed by atoms with Gasteiger partial charge in [0.1, 0.15) is 12.3 Å². The normalized spacial score (nSPS) is 14.1. The third kappa shape index (κ3) is 7.67. The summed E-state index contributed by atoms with van der Waals surface area (Å²) in [6.07, 6.45) is 2.43. The minimum Gasteiger partial charge on any atom is -0.484 e. The Morgan fingerprint density at radius 1 is 1.20 bits per heavy atom. The van der Waals surface area contributed by atoms with Gasteiger partial charge >= 0.3 is 0 Å². The minimum absolute atomic E-state index is 0.0631. The number of halogens is 1. The molecule has 0 aliphatic carbocycles. The average Bonchev–Trinajstić information content (AvgIpc) is 2.83. The fraction of sp³-hybridized carbons (Fsp3) is 0.348. The topological polar surface area (TPSA) is 118 Å². The van der Waals surface area contributed by atoms with Crippen LogP contribution in [0.3, 0.4) is 0 Å². The molecule has 1 saturated heterocycles. The van der Waals surface area contributed by atoms with Crippen molar-refractivity contribution in [1.29, 1.82) is 0 Å². The average molecular weight is 523 g/mol. The molecule has 2 aromatic rings. The molecule has 35 heavy (non-hydrogen) atoms. The molecule has 0 bridgehead atoms. The van der Waals surface area contributed by atoms with Gasteiger partial charge < -0.3 is 14.4 Å². The maximum Gasteiger partial charge on any atom is 0.260 e. The van der Waals surface area contributed by atoms with E-state index in [0.29, 0.717) is 53.9 Å². The molecule has 1 aliphatic heterocycles. The van der Waals surface area contributed by atoms with Crippen LogP contribution in [0.25, 0.3) is 0 Å². The van der Waals surface area contributed by atoms with Crippen molar-refractivity contribution in [2.75, 3.05) is 50.0 Å². The summed E-state index contributed by atoms with van der Waals surface area (Å²) in [5, 5.41) is 4.29. The second-order valence-corrected chi connectivity index (χ2v) is 10.1. The van der Waals surface area contributed by atoms with E-state index in [1.807, 2.05) is 0 Å². The van der Waals surface area contributed by atoms with E-state index in [-0.39, 0.29) is 12.5 Å². The summed E-state index contributed by atoms with van der Waals surface area (Å²) in [6, 6.07) is 11.6. The van der Waals surface area contributed by atoms with Crippen molar-refractivity contribution in [3.05, 3.63) is 58.6 Å². The number of ether oxygens (including phenoxy) is 2. The maximum atomic E-state index is 12.4. The van der Waals surface area contributed by atoms with Crippen LogP contribution in [0.2, 0.25) is 5.02 Å². The Hall–Kier alpha value is -3.15. The quantitative estimate of drug-likeness (QED) is 0.396. The number of morpholine rings is 1. The number of nitrogens with zero attached hydrogens (tertiary/aromatic N) is 3. The molecule has 2 amide bonds. The first-order valence-corrected chi connectivity index (χ1v) is 13.0. The van der Waals surface area contributed by atoms with Gasteiger partial charge in [-0.1, -0.05) is 17.7 Å². The Morgan fingerprint density at radius 2 is 1.89 bits per heavy atom. The number of anilines is 1. The van der Waals surface area contributed by atoms with Crippen LogP contribution in [0.5, 0.6) is 5.75 Å². The number of sulfonamides is 1. The summed E-state index contributed by atoms with van der Waals surface area (Å²) in [6.45, 7) is 3.34. The van der Waals surface area contributed by atoms with E-state index in [4.69, 9.17) is 21.1 Å². The molecule has 1 heterocycles. The highest BCUT2D eigenvalue weighted by Crippen LogP contribution is 2.28. The highest BCUT2D eigenvalue weighted by atomic mass is 35.5. The lowest BCUT2D eigenvalue weighted by atomic mass is 10.2. The summed E-state index contributed by atoms with van der Waals surface area (Å²) < 4.78 is 36.3. The number of hydrogen-bond donors (Lipinski definition) is 1. The second-order valence-electron chi connectivity index (χ2n) is 7.80. The zero-order valence-electron chi connectivity index (χ0n) is 19.4. The predicted octanol–water partition coefficient (Wildman–Crippen LogP) is 1.80. The molecule has 12 heteroatoms. The van der Waals surface area contributed by atoms with Crippen LogP contribution in [0.1, 0.15) is 11.1 Å². The van der Waals surface area contributed by atoms with Crippen molar-refractivity contribution in [3.8, 4) is 5.75 Å². The molecular formula is C23H27ClN4O6S. The van der Waals surface area contributed by atoms with Crippen molar-refractivity contribution < 1.29 is 27.5 Å². The number of hydrogen-bond acceptors (Lipinski definition) is 7. The Bertz CT molecular complexity index is 1180. The highest BCUT2D eigenvalue weighted by molar-refractivity contribution is 7.92. The zero-order valence-corrected chi connectivity index (χ0v) is 21.0. The van der Waals surface area contributed by atoms with Crippen molar-refractivity contribution in [2.45, 2.75) is 6.92 Å². The van der Waals surface area contributed by atoms with Gasteiger partial charge in [0.25, 0.3) is 11.8 Å². The second kappa shape index (κ2) is 12.0. The van der Waals surface area contributed by atoms with Crippen molar-refractivity contribution in [1.82, 2.24) is 10.3 Å². The Labute approximate surface area is 209 Å². The summed E-state index contributed by atoms with van der Waals surface area (Å²) in [7, 11) is -3.74. The molecule has 1 fully saturated rings. The first-order valence-electron chi connectivity index (χ1n) is 10.8. The number of amides is 2. The van der Waals surface area contributed by atoms with Gasteiger partial charge in [-0.05, 0) is 54.4 Å². The van der Waals surface area contributed by atoms with Crippen LogP contribution < -0.4 is 14.5 Å². The van der Waals surface area contributed by atoms with E-state index in [1.165, 1.54) is 6.21 Å². The summed E-state index contributed by atoms with van der Waals surface area (Å²) in [4.78, 5) is 26.2. The smallest absolute Gasteiger partial charge is 0.260 e. The van der Waals surface area contributed by atoms with Gasteiger partial charge in [0, 0.05) is 18.1 Å². The molecule has 2 aromatic carbocycles. The Balaban J connectivity index is 1.53. The number of rotatable bonds is 9. The minimum atomic E-state index is -3.74. The van der Waals surface area contributed by atoms with Crippen LogP contribution in [-0.4, -0.2) is 77.1 Å². The monoisotopic (exact) mass is 522 g/mol. The van der Waals surface area contributed by atoms with Crippen LogP contribution in [0, 0.1) is 6.92 Å². The summed E-state index contributed by atoms with van der Waals surface area (Å²) in [5.41, 5.74) is 3.86. The molecule has 0 unspecified atom stereocenters. The predicted molar refractivity (Wildman–Crippen MR) is 133 cm³/mol. The van der Waals surface area contributed by atoms with Gasteiger partial charge in [-0.25, -0.2) is 13.8 Å². The standard InChI is InChI=1S/C23H27ClN4O6S/c1-17-20(24)4-3-5-21(17)28(35(2,31)32)15-22(29)26-25-14-18-6-8-19(9-7-18)34-16-23(30)27-10-12-33-13-11-27/h3-9,14H,10-13,15-16H2,1-2H3,(H,26,29)/b25-14-. The fourth-order valence-electron chi connectivity index (χ4n) is 3.29. The molecule has 1 aliphatic rings. The lowest BCUT2D eigenvalue weighted by Crippen LogP contribution is -2.42. The molecule has 0 radical (unpaired) electrons. The fourth-order valence-corrected chi connectivity index (χ4v) is 4.37. The van der Waals surface area contributed by atoms with Gasteiger partial charge in [0.2, 0.25) is 10.0 Å². The Kier molecular flexibility index (Phi) is 9.07. The molecule has 1 N–H and O–H groups in total. The molecule has 0 aromatic heterocycles. The lowest BCUT2D eigenvalue weighted by molar-refractivity contribution is -0.137. The van der Waals surface area contributed by atoms with Crippen molar-refractivity contribution in [2.24, 2.45) is 5.10 Å². The molecule has 10 nitrogen and oxygen atoms in total. The largest absolute Gasteiger partial charge is 0.484 e. The third-order valence-electron chi connectivity index (χ3n) is 5.20. The Morgan fingerprint density at radius 3 is 2.54 bits per heavy atom. The van der Waals surface area contributed by atoms with E-state index in [9.17, 15) is 18.0 Å². The molecule has 0 saturated carbocycles. The lowest BCUT2D eigenvalue weighted by Gasteiger charge is -2.26. The first-order chi connectivity index (χ1) is 16.6. The highest BCUT2D eigenvalue weighted by Gasteiger charge is 2.23. The van der Waals surface area contributed by atoms with Gasteiger partial charge in [0.05, 0.1) is 31.4 Å². The van der Waals surface area contributed by atoms with Gasteiger partial charge in [-0.3, -0.25) is 13.9 Å². The van der Waals surface area contributed by atoms with E-state index < -0.39 is 22.5 Å².